The lowest BCUT2D eigenvalue weighted by molar-refractivity contribution is -0.870. The first kappa shape index (κ1) is 39.1. The average Bonchev–Trinajstić information content (AvgIpc) is 2.72. The zero-order valence-corrected chi connectivity index (χ0v) is 21.3. The summed E-state index contributed by atoms with van der Waals surface area (Å²) in [6, 6.07) is -23.9. The van der Waals surface area contributed by atoms with Crippen molar-refractivity contribution in [1.82, 2.24) is 10.2 Å². The SMILES string of the molecule is COS(=O)(=O)[O-].C[N+](C)(C)CCCNC(=O)C(F)(C(F)(F)F)C(F)(F)N1C(F)(F)C(F)(F)C(F)(F)C(F)(F)C1(F)F. The standard InChI is InChI=1S/C15H15F16N3O.CH4O4S/c1-34(2,3)6-4-5-32-7(35)8(16,12(23,24)25)13(26,27)33-14(28,29)10(19,20)9(17,18)11(21,22)15(33,30)31;1-5-6(2,3)4/h4-6H2,1-3H3;1H3,(H,2,3,4). The first-order chi connectivity index (χ1) is 17.6. The van der Waals surface area contributed by atoms with Gasteiger partial charge in [-0.15, -0.1) is 4.90 Å². The lowest BCUT2D eigenvalue weighted by Gasteiger charge is -2.54. The fourth-order valence-corrected chi connectivity index (χ4v) is 2.85. The molecule has 0 bridgehead atoms. The van der Waals surface area contributed by atoms with E-state index >= 15 is 0 Å². The molecule has 1 unspecified atom stereocenters. The van der Waals surface area contributed by atoms with E-state index in [0.29, 0.717) is 0 Å². The summed E-state index contributed by atoms with van der Waals surface area (Å²) >= 11 is 0. The minimum Gasteiger partial charge on any atom is -0.726 e. The van der Waals surface area contributed by atoms with Crippen molar-refractivity contribution >= 4 is 16.3 Å². The molecule has 1 rings (SSSR count). The maximum absolute atomic E-state index is 14.6. The fourth-order valence-electron chi connectivity index (χ4n) is 2.85. The number of carbonyl (C=O) groups excluding carboxylic acids is 1. The van der Waals surface area contributed by atoms with E-state index in [2.05, 4.69) is 4.18 Å². The molecule has 0 radical (unpaired) electrons. The summed E-state index contributed by atoms with van der Waals surface area (Å²) in [5.41, 5.74) is -7.33. The first-order valence-corrected chi connectivity index (χ1v) is 11.3. The van der Waals surface area contributed by atoms with Crippen LogP contribution in [0.4, 0.5) is 70.2 Å². The van der Waals surface area contributed by atoms with E-state index in [4.69, 9.17) is 0 Å². The highest BCUT2D eigenvalue weighted by Gasteiger charge is 3.00. The first-order valence-electron chi connectivity index (χ1n) is 9.98. The van der Waals surface area contributed by atoms with Gasteiger partial charge < -0.3 is 14.4 Å². The van der Waals surface area contributed by atoms with Crippen LogP contribution >= 0.6 is 0 Å². The quantitative estimate of drug-likeness (QED) is 0.106. The van der Waals surface area contributed by atoms with Crippen LogP contribution < -0.4 is 5.32 Å². The maximum atomic E-state index is 14.6. The third-order valence-corrected chi connectivity index (χ3v) is 5.41. The predicted molar refractivity (Wildman–Crippen MR) is 98.6 cm³/mol. The van der Waals surface area contributed by atoms with Crippen LogP contribution in [0, 0.1) is 0 Å². The minimum atomic E-state index is -8.01. The molecule has 246 valence electrons. The van der Waals surface area contributed by atoms with Crippen molar-refractivity contribution in [3.63, 3.8) is 0 Å². The third-order valence-electron chi connectivity index (χ3n) is 5.00. The van der Waals surface area contributed by atoms with Gasteiger partial charge in [-0.25, -0.2) is 12.8 Å². The van der Waals surface area contributed by atoms with Gasteiger partial charge in [0.05, 0.1) is 34.8 Å². The molecule has 0 spiro atoms. The molecule has 1 heterocycles. The highest BCUT2D eigenvalue weighted by Crippen LogP contribution is 2.68. The monoisotopic (exact) mass is 669 g/mol. The fraction of sp³-hybridized carbons (Fsp3) is 0.938. The molecule has 1 fully saturated rings. The van der Waals surface area contributed by atoms with Crippen LogP contribution in [0.15, 0.2) is 0 Å². The molecule has 1 amide bonds. The number of hydrogen-bond donors (Lipinski definition) is 1. The molecule has 1 saturated heterocycles. The zero-order valence-electron chi connectivity index (χ0n) is 20.5. The predicted octanol–water partition coefficient (Wildman–Crippen LogP) is 3.56. The second kappa shape index (κ2) is 11.0. The third kappa shape index (κ3) is 6.56. The van der Waals surface area contributed by atoms with Gasteiger partial charge in [-0.2, -0.15) is 65.9 Å². The van der Waals surface area contributed by atoms with Gasteiger partial charge in [-0.3, -0.25) is 8.98 Å². The van der Waals surface area contributed by atoms with Crippen LogP contribution in [0.3, 0.4) is 0 Å². The number of likely N-dealkylation sites (tertiary alicyclic amines) is 1. The molecule has 1 atom stereocenters. The van der Waals surface area contributed by atoms with Crippen molar-refractivity contribution in [2.75, 3.05) is 41.3 Å². The molecular formula is C16H19F16N3O5S. The van der Waals surface area contributed by atoms with Crippen molar-refractivity contribution in [2.24, 2.45) is 0 Å². The van der Waals surface area contributed by atoms with Crippen LogP contribution in [0.1, 0.15) is 6.42 Å². The molecule has 0 saturated carbocycles. The molecule has 0 aliphatic carbocycles. The Morgan fingerprint density at radius 1 is 0.829 bits per heavy atom. The van der Waals surface area contributed by atoms with Crippen LogP contribution in [0.5, 0.6) is 0 Å². The van der Waals surface area contributed by atoms with Crippen LogP contribution in [0.2, 0.25) is 0 Å². The Bertz CT molecular complexity index is 1030. The topological polar surface area (TPSA) is 98.8 Å². The number of halogens is 16. The number of quaternary nitrogens is 1. The Morgan fingerprint density at radius 3 is 1.44 bits per heavy atom. The smallest absolute Gasteiger partial charge is 0.439 e. The Hall–Kier alpha value is -1.86. The van der Waals surface area contributed by atoms with E-state index in [0.717, 1.165) is 12.4 Å². The normalized spacial score (nSPS) is 23.5. The second-order valence-electron chi connectivity index (χ2n) is 9.04. The number of hydrogen-bond acceptors (Lipinski definition) is 6. The van der Waals surface area contributed by atoms with Gasteiger partial charge in [0.2, 0.25) is 10.4 Å². The van der Waals surface area contributed by atoms with Gasteiger partial charge >= 0.3 is 47.8 Å². The van der Waals surface area contributed by atoms with E-state index < -0.39 is 81.9 Å². The highest BCUT2D eigenvalue weighted by atomic mass is 32.3. The van der Waals surface area contributed by atoms with Gasteiger partial charge in [0.25, 0.3) is 5.91 Å². The van der Waals surface area contributed by atoms with Crippen molar-refractivity contribution in [2.45, 2.75) is 54.2 Å². The summed E-state index contributed by atoms with van der Waals surface area (Å²) in [6.07, 6.45) is -7.94. The van der Waals surface area contributed by atoms with E-state index in [-0.39, 0.29) is 11.0 Å². The van der Waals surface area contributed by atoms with Crippen molar-refractivity contribution in [1.29, 1.82) is 0 Å². The molecule has 0 aromatic carbocycles. The van der Waals surface area contributed by atoms with Crippen molar-refractivity contribution in [3.05, 3.63) is 0 Å². The Balaban J connectivity index is 0.00000239. The molecule has 1 aliphatic rings. The Labute approximate surface area is 219 Å². The van der Waals surface area contributed by atoms with Crippen molar-refractivity contribution < 1.29 is 96.7 Å². The summed E-state index contributed by atoms with van der Waals surface area (Å²) in [5, 5.41) is 0.796. The van der Waals surface area contributed by atoms with Gasteiger partial charge in [0.15, 0.2) is 0 Å². The molecule has 25 heteroatoms. The summed E-state index contributed by atoms with van der Waals surface area (Å²) in [7, 11) is 0.776. The lowest BCUT2D eigenvalue weighted by atomic mass is 9.89. The summed E-state index contributed by atoms with van der Waals surface area (Å²) in [6.45, 7) is -1.22. The van der Waals surface area contributed by atoms with Crippen LogP contribution in [-0.2, 0) is 19.4 Å². The van der Waals surface area contributed by atoms with Gasteiger partial charge in [0, 0.05) is 13.0 Å². The highest BCUT2D eigenvalue weighted by molar-refractivity contribution is 7.80. The maximum Gasteiger partial charge on any atom is 0.439 e. The molecule has 0 aromatic rings. The number of nitrogens with zero attached hydrogens (tertiary/aromatic N) is 2. The molecule has 0 aromatic heterocycles. The average molecular weight is 669 g/mol. The molecule has 41 heavy (non-hydrogen) atoms. The molecule has 1 N–H and O–H groups in total. The van der Waals surface area contributed by atoms with E-state index in [1.54, 1.807) is 0 Å². The second-order valence-corrected chi connectivity index (χ2v) is 10.2. The van der Waals surface area contributed by atoms with Gasteiger partial charge in [-0.1, -0.05) is 0 Å². The van der Waals surface area contributed by atoms with E-state index in [9.17, 15) is 88.0 Å². The lowest BCUT2D eigenvalue weighted by Crippen LogP contribution is -2.87. The molecule has 8 nitrogen and oxygen atoms in total. The van der Waals surface area contributed by atoms with Crippen LogP contribution in [0.25, 0.3) is 0 Å². The number of carbonyl (C=O) groups is 1. The minimum absolute atomic E-state index is 0.0106. The Morgan fingerprint density at radius 2 is 1.17 bits per heavy atom. The summed E-state index contributed by atoms with van der Waals surface area (Å²) in [4.78, 5) is 7.34. The largest absolute Gasteiger partial charge is 0.726 e. The van der Waals surface area contributed by atoms with Gasteiger partial charge in [0.1, 0.15) is 0 Å². The summed E-state index contributed by atoms with van der Waals surface area (Å²) < 4.78 is 249. The number of rotatable bonds is 8. The van der Waals surface area contributed by atoms with Crippen LogP contribution in [-0.4, -0.2) is 117 Å². The van der Waals surface area contributed by atoms with Gasteiger partial charge in [-0.05, 0) is 0 Å². The van der Waals surface area contributed by atoms with E-state index in [1.807, 2.05) is 0 Å². The number of piperidine rings is 1. The number of amides is 1. The number of alkyl halides is 16. The summed E-state index contributed by atoms with van der Waals surface area (Å²) in [5.74, 6) is -27.4. The number of nitrogens with one attached hydrogen (secondary N) is 1. The molecule has 1 aliphatic heterocycles. The van der Waals surface area contributed by atoms with E-state index in [1.165, 1.54) is 21.1 Å². The molecular weight excluding hydrogens is 650 g/mol. The Kier molecular flexibility index (Phi) is 10.5. The van der Waals surface area contributed by atoms with Crippen molar-refractivity contribution in [3.8, 4) is 0 Å². The zero-order chi connectivity index (χ0) is 33.7.